The fourth-order valence-electron chi connectivity index (χ4n) is 1.42. The Balaban J connectivity index is 3.01. The molecule has 0 aromatic carbocycles. The molecule has 144 valence electrons. The van der Waals surface area contributed by atoms with Crippen molar-refractivity contribution in [1.82, 2.24) is 0 Å². The predicted octanol–water partition coefficient (Wildman–Crippen LogP) is -0.749. The molecule has 0 aliphatic heterocycles. The summed E-state index contributed by atoms with van der Waals surface area (Å²) in [4.78, 5) is 10.9. The van der Waals surface area contributed by atoms with Gasteiger partial charge >= 0.3 is 5.97 Å². The van der Waals surface area contributed by atoms with Gasteiger partial charge in [0.1, 0.15) is 13.2 Å². The first-order valence-corrected chi connectivity index (χ1v) is 7.95. The molecule has 0 atom stereocenters. The molecule has 0 aliphatic rings. The van der Waals surface area contributed by atoms with Crippen molar-refractivity contribution in [2.45, 2.75) is 0 Å². The highest BCUT2D eigenvalue weighted by atomic mass is 16.6. The molecule has 0 fully saturated rings. The maximum atomic E-state index is 10.9. The zero-order chi connectivity index (χ0) is 17.7. The number of rotatable bonds is 19. The van der Waals surface area contributed by atoms with Crippen molar-refractivity contribution < 1.29 is 43.1 Å². The van der Waals surface area contributed by atoms with Gasteiger partial charge in [-0.3, -0.25) is 0 Å². The highest BCUT2D eigenvalue weighted by Crippen LogP contribution is 1.85. The van der Waals surface area contributed by atoms with Crippen molar-refractivity contribution in [3.8, 4) is 0 Å². The van der Waals surface area contributed by atoms with Gasteiger partial charge in [0, 0.05) is 7.11 Å². The Kier molecular flexibility index (Phi) is 19.6. The molecular weight excluding hydrogens is 324 g/mol. The monoisotopic (exact) mass is 354 g/mol. The Morgan fingerprint density at radius 1 is 0.667 bits per heavy atom. The van der Waals surface area contributed by atoms with Crippen LogP contribution in [0.3, 0.4) is 0 Å². The average molecular weight is 354 g/mol. The van der Waals surface area contributed by atoms with Gasteiger partial charge in [-0.15, -0.1) is 0 Å². The van der Waals surface area contributed by atoms with Crippen LogP contribution in [0.15, 0.2) is 0 Å². The molecule has 0 spiro atoms. The molecule has 0 heterocycles. The van der Waals surface area contributed by atoms with E-state index in [0.29, 0.717) is 66.1 Å². The van der Waals surface area contributed by atoms with Crippen LogP contribution in [0.2, 0.25) is 0 Å². The van der Waals surface area contributed by atoms with Crippen LogP contribution in [-0.2, 0) is 38.0 Å². The van der Waals surface area contributed by atoms with Crippen molar-refractivity contribution in [1.29, 1.82) is 0 Å². The van der Waals surface area contributed by atoms with Crippen LogP contribution in [0, 0.1) is 0 Å². The summed E-state index contributed by atoms with van der Waals surface area (Å²) in [5.74, 6) is -0.406. The van der Waals surface area contributed by atoms with Crippen LogP contribution in [0.4, 0.5) is 0 Å². The number of hydrogen-bond donors (Lipinski definition) is 1. The highest BCUT2D eigenvalue weighted by molar-refractivity contribution is 5.70. The summed E-state index contributed by atoms with van der Waals surface area (Å²) in [5.41, 5.74) is 0. The minimum atomic E-state index is -0.406. The van der Waals surface area contributed by atoms with Gasteiger partial charge in [-0.1, -0.05) is 0 Å². The second kappa shape index (κ2) is 20.2. The molecule has 0 saturated heterocycles. The summed E-state index contributed by atoms with van der Waals surface area (Å²) in [5, 5.41) is 8.49. The van der Waals surface area contributed by atoms with E-state index in [1.807, 2.05) is 0 Å². The van der Waals surface area contributed by atoms with E-state index in [4.69, 9.17) is 33.5 Å². The normalized spacial score (nSPS) is 10.9. The number of methoxy groups -OCH3 is 1. The fraction of sp³-hybridized carbons (Fsp3) is 0.933. The molecule has 0 bridgehead atoms. The molecule has 9 heteroatoms. The van der Waals surface area contributed by atoms with E-state index >= 15 is 0 Å². The first-order chi connectivity index (χ1) is 11.8. The number of ether oxygens (including phenoxy) is 7. The Bertz CT molecular complexity index is 263. The predicted molar refractivity (Wildman–Crippen MR) is 84.0 cm³/mol. The largest absolute Gasteiger partial charge is 0.462 e. The fourth-order valence-corrected chi connectivity index (χ4v) is 1.42. The van der Waals surface area contributed by atoms with Crippen LogP contribution in [0.5, 0.6) is 0 Å². The van der Waals surface area contributed by atoms with Crippen LogP contribution in [0.1, 0.15) is 0 Å². The van der Waals surface area contributed by atoms with Crippen molar-refractivity contribution >= 4 is 5.97 Å². The molecule has 9 nitrogen and oxygen atoms in total. The zero-order valence-corrected chi connectivity index (χ0v) is 14.4. The lowest BCUT2D eigenvalue weighted by Crippen LogP contribution is -2.16. The minimum absolute atomic E-state index is 0.0238. The second-order valence-corrected chi connectivity index (χ2v) is 4.44. The maximum Gasteiger partial charge on any atom is 0.332 e. The number of carbonyl (C=O) groups excluding carboxylic acids is 1. The van der Waals surface area contributed by atoms with Crippen molar-refractivity contribution in [2.75, 3.05) is 93.0 Å². The van der Waals surface area contributed by atoms with E-state index in [9.17, 15) is 4.79 Å². The van der Waals surface area contributed by atoms with Crippen molar-refractivity contribution in [2.24, 2.45) is 0 Å². The van der Waals surface area contributed by atoms with Gasteiger partial charge in [0.25, 0.3) is 0 Å². The van der Waals surface area contributed by atoms with Crippen LogP contribution >= 0.6 is 0 Å². The Morgan fingerprint density at radius 3 is 1.42 bits per heavy atom. The van der Waals surface area contributed by atoms with E-state index in [-0.39, 0.29) is 19.8 Å². The van der Waals surface area contributed by atoms with Crippen molar-refractivity contribution in [3.63, 3.8) is 0 Å². The number of esters is 1. The third-order valence-corrected chi connectivity index (χ3v) is 2.48. The van der Waals surface area contributed by atoms with Crippen LogP contribution in [-0.4, -0.2) is 104 Å². The number of hydrogen-bond acceptors (Lipinski definition) is 9. The standard InChI is InChI=1S/C15H30O9/c1-18-14-15(17)24-13-12-23-11-10-22-9-8-21-7-6-20-5-4-19-3-2-16/h16H,2-14H2,1H3. The number of aliphatic hydroxyl groups excluding tert-OH is 1. The molecule has 0 aromatic rings. The van der Waals surface area contributed by atoms with E-state index in [1.54, 1.807) is 0 Å². The zero-order valence-electron chi connectivity index (χ0n) is 14.4. The SMILES string of the molecule is COCC(=O)OCCOCCOCCOCCOCCOCCO. The topological polar surface area (TPSA) is 102 Å². The second-order valence-electron chi connectivity index (χ2n) is 4.44. The summed E-state index contributed by atoms with van der Waals surface area (Å²) in [6.45, 7) is 4.62. The Labute approximate surface area is 143 Å². The molecule has 0 rings (SSSR count). The Morgan fingerprint density at radius 2 is 1.04 bits per heavy atom. The molecule has 1 N–H and O–H groups in total. The van der Waals surface area contributed by atoms with Gasteiger partial charge in [-0.25, -0.2) is 4.79 Å². The number of carbonyl (C=O) groups is 1. The van der Waals surface area contributed by atoms with Gasteiger partial charge in [0.2, 0.25) is 0 Å². The lowest BCUT2D eigenvalue weighted by Gasteiger charge is -2.08. The molecule has 0 amide bonds. The van der Waals surface area contributed by atoms with E-state index in [2.05, 4.69) is 4.74 Å². The van der Waals surface area contributed by atoms with Gasteiger partial charge in [-0.2, -0.15) is 0 Å². The summed E-state index contributed by atoms with van der Waals surface area (Å²) in [7, 11) is 1.43. The third kappa shape index (κ3) is 19.2. The molecular formula is C15H30O9. The molecule has 0 saturated carbocycles. The van der Waals surface area contributed by atoms with Crippen molar-refractivity contribution in [3.05, 3.63) is 0 Å². The smallest absolute Gasteiger partial charge is 0.332 e. The lowest BCUT2D eigenvalue weighted by atomic mass is 10.6. The number of aliphatic hydroxyl groups is 1. The molecule has 0 aliphatic carbocycles. The molecule has 24 heavy (non-hydrogen) atoms. The van der Waals surface area contributed by atoms with E-state index in [1.165, 1.54) is 7.11 Å². The summed E-state index contributed by atoms with van der Waals surface area (Å²) >= 11 is 0. The molecule has 0 radical (unpaired) electrons. The average Bonchev–Trinajstić information content (AvgIpc) is 2.58. The van der Waals surface area contributed by atoms with E-state index in [0.717, 1.165) is 0 Å². The summed E-state index contributed by atoms with van der Waals surface area (Å²) in [6, 6.07) is 0. The summed E-state index contributed by atoms with van der Waals surface area (Å²) in [6.07, 6.45) is 0. The first-order valence-electron chi connectivity index (χ1n) is 7.95. The van der Waals surface area contributed by atoms with Gasteiger partial charge in [0.05, 0.1) is 72.7 Å². The lowest BCUT2D eigenvalue weighted by molar-refractivity contribution is -0.149. The minimum Gasteiger partial charge on any atom is -0.462 e. The third-order valence-electron chi connectivity index (χ3n) is 2.48. The van der Waals surface area contributed by atoms with Gasteiger partial charge in [0.15, 0.2) is 0 Å². The van der Waals surface area contributed by atoms with Gasteiger partial charge < -0.3 is 38.3 Å². The van der Waals surface area contributed by atoms with Crippen LogP contribution in [0.25, 0.3) is 0 Å². The molecule has 0 aromatic heterocycles. The van der Waals surface area contributed by atoms with E-state index < -0.39 is 5.97 Å². The first kappa shape index (κ1) is 23.2. The highest BCUT2D eigenvalue weighted by Gasteiger charge is 2.00. The summed E-state index contributed by atoms with van der Waals surface area (Å²) < 4.78 is 35.6. The van der Waals surface area contributed by atoms with Gasteiger partial charge in [-0.05, 0) is 0 Å². The van der Waals surface area contributed by atoms with Crippen LogP contribution < -0.4 is 0 Å². The Hall–Kier alpha value is -0.810. The molecule has 0 unspecified atom stereocenters. The quantitative estimate of drug-likeness (QED) is 0.237. The maximum absolute atomic E-state index is 10.9.